The first-order chi connectivity index (χ1) is 22.5. The molecule has 0 unspecified atom stereocenters. The number of allylic oxidation sites excluding steroid dienone is 1. The molecule has 0 fully saturated rings. The van der Waals surface area contributed by atoms with Gasteiger partial charge in [-0.1, -0.05) is 47.5 Å². The second-order valence-electron chi connectivity index (χ2n) is 12.3. The van der Waals surface area contributed by atoms with Crippen molar-refractivity contribution in [1.29, 1.82) is 0 Å². The van der Waals surface area contributed by atoms with Gasteiger partial charge in [-0.15, -0.1) is 0 Å². The highest BCUT2D eigenvalue weighted by atomic mass is 35.5. The normalized spacial score (nSPS) is 12.5. The first-order valence-electron chi connectivity index (χ1n) is 15.9. The first-order valence-corrected chi connectivity index (χ1v) is 16.7. The molecule has 1 atom stereocenters. The summed E-state index contributed by atoms with van der Waals surface area (Å²) in [4.78, 5) is 14.9. The molecule has 0 saturated carbocycles. The largest absolute Gasteiger partial charge is 0.494 e. The Kier molecular flexibility index (Phi) is 10.8. The van der Waals surface area contributed by atoms with Crippen LogP contribution in [0.15, 0.2) is 48.5 Å². The van der Waals surface area contributed by atoms with Gasteiger partial charge in [0.25, 0.3) is 0 Å². The average Bonchev–Trinajstić information content (AvgIpc) is 3.57. The molecule has 3 aromatic carbocycles. The van der Waals surface area contributed by atoms with Gasteiger partial charge in [0.2, 0.25) is 0 Å². The number of nitrogens with zero attached hydrogens (tertiary/aromatic N) is 2. The van der Waals surface area contributed by atoms with Crippen LogP contribution in [0, 0.1) is 27.7 Å². The predicted octanol–water partition coefficient (Wildman–Crippen LogP) is 9.34. The molecule has 0 spiro atoms. The number of nitrogens with one attached hydrogen (secondary N) is 3. The van der Waals surface area contributed by atoms with Gasteiger partial charge in [-0.25, -0.2) is 0 Å². The number of ether oxygens (including phenoxy) is 1. The summed E-state index contributed by atoms with van der Waals surface area (Å²) >= 11 is 13.5. The third-order valence-corrected chi connectivity index (χ3v) is 9.51. The summed E-state index contributed by atoms with van der Waals surface area (Å²) in [7, 11) is 3.91. The number of aromatic nitrogens is 3. The van der Waals surface area contributed by atoms with E-state index in [0.29, 0.717) is 17.3 Å². The summed E-state index contributed by atoms with van der Waals surface area (Å²) in [6.45, 7) is 11.5. The zero-order valence-corrected chi connectivity index (χ0v) is 29.7. The van der Waals surface area contributed by atoms with E-state index in [2.05, 4.69) is 47.7 Å². The molecule has 0 aliphatic carbocycles. The van der Waals surface area contributed by atoms with E-state index in [1.165, 1.54) is 0 Å². The van der Waals surface area contributed by atoms with Gasteiger partial charge in [0.05, 0.1) is 34.2 Å². The van der Waals surface area contributed by atoms with Crippen LogP contribution in [-0.4, -0.2) is 47.3 Å². The molecule has 0 radical (unpaired) electrons. The third-order valence-electron chi connectivity index (χ3n) is 8.60. The Morgan fingerprint density at radius 1 is 1.06 bits per heavy atom. The number of H-pyrrole nitrogens is 1. The molecule has 246 valence electrons. The van der Waals surface area contributed by atoms with Gasteiger partial charge in [-0.3, -0.25) is 9.48 Å². The lowest BCUT2D eigenvalue weighted by atomic mass is 9.91. The molecule has 9 heteroatoms. The lowest BCUT2D eigenvalue weighted by Crippen LogP contribution is -2.28. The van der Waals surface area contributed by atoms with Crippen molar-refractivity contribution in [3.05, 3.63) is 97.9 Å². The molecule has 0 aliphatic rings. The molecule has 5 aromatic rings. The molecular formula is C38H43Cl2N5O2. The van der Waals surface area contributed by atoms with E-state index in [1.807, 2.05) is 75.9 Å². The van der Waals surface area contributed by atoms with Crippen LogP contribution >= 0.6 is 23.2 Å². The van der Waals surface area contributed by atoms with Crippen LogP contribution in [0.25, 0.3) is 33.7 Å². The van der Waals surface area contributed by atoms with Crippen LogP contribution < -0.4 is 15.4 Å². The summed E-state index contributed by atoms with van der Waals surface area (Å²) < 4.78 is 8.14. The number of likely N-dealkylation sites (N-methyl/N-ethyl adjacent to an activating group) is 1. The number of para-hydroxylation sites is 1. The van der Waals surface area contributed by atoms with E-state index < -0.39 is 0 Å². The summed E-state index contributed by atoms with van der Waals surface area (Å²) in [5.41, 5.74) is 11.5. The van der Waals surface area contributed by atoms with Crippen LogP contribution in [0.5, 0.6) is 5.75 Å². The zero-order chi connectivity index (χ0) is 33.8. The molecule has 2 aromatic heterocycles. The quantitative estimate of drug-likeness (QED) is 0.0660. The zero-order valence-electron chi connectivity index (χ0n) is 28.1. The minimum atomic E-state index is 0.108. The van der Waals surface area contributed by atoms with E-state index >= 15 is 0 Å². The number of benzene rings is 3. The van der Waals surface area contributed by atoms with E-state index in [-0.39, 0.29) is 6.04 Å². The van der Waals surface area contributed by atoms with E-state index in [0.717, 1.165) is 103 Å². The van der Waals surface area contributed by atoms with Gasteiger partial charge >= 0.3 is 0 Å². The maximum absolute atomic E-state index is 11.6. The molecule has 3 N–H and O–H groups in total. The average molecular weight is 673 g/mol. The highest BCUT2D eigenvalue weighted by molar-refractivity contribution is 6.34. The SMILES string of the molecule is CNC[C@@H](C)Nc1c(/C(=C/c2cccc3cc(C=O)[nH]c23)CCCOc2cc(C)c(Cl)c(C)c2)ccc(Cl)c1-c1c(C)nn(C)c1C. The van der Waals surface area contributed by atoms with Crippen molar-refractivity contribution in [3.8, 4) is 16.9 Å². The Hall–Kier alpha value is -4.04. The second-order valence-corrected chi connectivity index (χ2v) is 13.0. The number of carbonyl (C=O) groups excluding carboxylic acids is 1. The molecule has 47 heavy (non-hydrogen) atoms. The molecule has 2 heterocycles. The van der Waals surface area contributed by atoms with Crippen molar-refractivity contribution in [2.45, 2.75) is 53.5 Å². The van der Waals surface area contributed by atoms with E-state index in [1.54, 1.807) is 0 Å². The number of aldehydes is 1. The summed E-state index contributed by atoms with van der Waals surface area (Å²) in [6, 6.07) is 16.1. The highest BCUT2D eigenvalue weighted by Gasteiger charge is 2.23. The van der Waals surface area contributed by atoms with Crippen molar-refractivity contribution in [3.63, 3.8) is 0 Å². The van der Waals surface area contributed by atoms with Gasteiger partial charge in [-0.05, 0) is 107 Å². The number of halogens is 2. The molecule has 7 nitrogen and oxygen atoms in total. The third kappa shape index (κ3) is 7.43. The monoisotopic (exact) mass is 671 g/mol. The van der Waals surface area contributed by atoms with Gasteiger partial charge in [-0.2, -0.15) is 5.10 Å². The number of hydrogen-bond acceptors (Lipinski definition) is 5. The molecule has 0 saturated heterocycles. The molecule has 0 amide bonds. The second kappa shape index (κ2) is 14.8. The van der Waals surface area contributed by atoms with Gasteiger partial charge in [0, 0.05) is 52.4 Å². The van der Waals surface area contributed by atoms with E-state index in [9.17, 15) is 4.79 Å². The number of hydrogen-bond donors (Lipinski definition) is 3. The fourth-order valence-corrected chi connectivity index (χ4v) is 6.64. The fourth-order valence-electron chi connectivity index (χ4n) is 6.28. The van der Waals surface area contributed by atoms with Crippen molar-refractivity contribution >= 4 is 57.7 Å². The van der Waals surface area contributed by atoms with Crippen LogP contribution in [0.4, 0.5) is 5.69 Å². The number of fused-ring (bicyclic) bond motifs is 1. The van der Waals surface area contributed by atoms with Crippen LogP contribution in [0.2, 0.25) is 10.0 Å². The van der Waals surface area contributed by atoms with Crippen LogP contribution in [0.3, 0.4) is 0 Å². The predicted molar refractivity (Wildman–Crippen MR) is 197 cm³/mol. The smallest absolute Gasteiger partial charge is 0.166 e. The van der Waals surface area contributed by atoms with Crippen LogP contribution in [0.1, 0.15) is 63.9 Å². The molecule has 5 rings (SSSR count). The molecular weight excluding hydrogens is 629 g/mol. The van der Waals surface area contributed by atoms with Crippen LogP contribution in [-0.2, 0) is 7.05 Å². The van der Waals surface area contributed by atoms with Gasteiger partial charge < -0.3 is 20.4 Å². The molecule has 0 aliphatic heterocycles. The fraction of sp³-hybridized carbons (Fsp3) is 0.316. The van der Waals surface area contributed by atoms with Crippen molar-refractivity contribution in [2.24, 2.45) is 7.05 Å². The Morgan fingerprint density at radius 3 is 2.47 bits per heavy atom. The Bertz CT molecular complexity index is 1930. The molecule has 0 bridgehead atoms. The lowest BCUT2D eigenvalue weighted by molar-refractivity contribution is 0.111. The minimum Gasteiger partial charge on any atom is -0.494 e. The van der Waals surface area contributed by atoms with Crippen molar-refractivity contribution in [1.82, 2.24) is 20.1 Å². The van der Waals surface area contributed by atoms with Gasteiger partial charge in [0.15, 0.2) is 6.29 Å². The number of aromatic amines is 1. The minimum absolute atomic E-state index is 0.108. The van der Waals surface area contributed by atoms with Crippen molar-refractivity contribution in [2.75, 3.05) is 25.5 Å². The standard InChI is InChI=1S/C38H43Cl2N5O2/c1-22-16-31(17-23(2)36(22)40)47-15-9-12-27(18-28-10-8-11-29-19-30(21-46)43-37(28)29)32-13-14-33(39)35(38(32)42-24(3)20-41-6)34-25(4)44-45(7)26(34)5/h8,10-11,13-14,16-19,21,24,41-43H,9,12,15,20H2,1-7H3/b27-18+/t24-/m1/s1. The maximum atomic E-state index is 11.6. The van der Waals surface area contributed by atoms with Crippen molar-refractivity contribution < 1.29 is 9.53 Å². The summed E-state index contributed by atoms with van der Waals surface area (Å²) in [5.74, 6) is 0.812. The number of carbonyl (C=O) groups is 1. The Labute approximate surface area is 287 Å². The topological polar surface area (TPSA) is 84.0 Å². The summed E-state index contributed by atoms with van der Waals surface area (Å²) in [5, 5.41) is 14.2. The first kappa shape index (κ1) is 34.3. The number of rotatable bonds is 13. The van der Waals surface area contributed by atoms with E-state index in [4.69, 9.17) is 33.0 Å². The Balaban J connectivity index is 1.64. The lowest BCUT2D eigenvalue weighted by Gasteiger charge is -2.24. The Morgan fingerprint density at radius 2 is 1.81 bits per heavy atom. The summed E-state index contributed by atoms with van der Waals surface area (Å²) in [6.07, 6.45) is 4.56. The number of aryl methyl sites for hydroxylation is 4. The number of anilines is 1. The van der Waals surface area contributed by atoms with Gasteiger partial charge in [0.1, 0.15) is 5.75 Å². The maximum Gasteiger partial charge on any atom is 0.166 e. The highest BCUT2D eigenvalue weighted by Crippen LogP contribution is 2.44.